The predicted molar refractivity (Wildman–Crippen MR) is 59.4 cm³/mol. The highest BCUT2D eigenvalue weighted by Gasteiger charge is 2.23. The lowest BCUT2D eigenvalue weighted by Gasteiger charge is -2.26. The third kappa shape index (κ3) is 4.32. The first kappa shape index (κ1) is 12.0. The van der Waals surface area contributed by atoms with E-state index in [0.29, 0.717) is 19.5 Å². The summed E-state index contributed by atoms with van der Waals surface area (Å²) in [6.45, 7) is 6.92. The summed E-state index contributed by atoms with van der Waals surface area (Å²) in [6, 6.07) is 0. The number of rotatable bonds is 0. The Labute approximate surface area is 91.1 Å². The van der Waals surface area contributed by atoms with Gasteiger partial charge < -0.3 is 15.0 Å². The molecule has 1 aliphatic heterocycles. The molecule has 0 atom stereocenters. The molecule has 1 fully saturated rings. The summed E-state index contributed by atoms with van der Waals surface area (Å²) in [5.41, 5.74) is 0.303. The number of nitrogens with one attached hydrogen (secondary N) is 1. The van der Waals surface area contributed by atoms with Crippen molar-refractivity contribution in [1.29, 1.82) is 5.41 Å². The number of likely N-dealkylation sites (tertiary alicyclic amines) is 1. The second-order valence-corrected chi connectivity index (χ2v) is 4.92. The molecular weight excluding hydrogens is 192 g/mol. The van der Waals surface area contributed by atoms with E-state index in [9.17, 15) is 4.79 Å². The monoisotopic (exact) mass is 212 g/mol. The molecular formula is C11H20N2O2. The van der Waals surface area contributed by atoms with Crippen LogP contribution < -0.4 is 0 Å². The summed E-state index contributed by atoms with van der Waals surface area (Å²) in [6.07, 6.45) is 2.11. The molecule has 1 rings (SSSR count). The van der Waals surface area contributed by atoms with Crippen LogP contribution in [0.15, 0.2) is 0 Å². The van der Waals surface area contributed by atoms with Crippen LogP contribution in [0, 0.1) is 5.41 Å². The van der Waals surface area contributed by atoms with Crippen LogP contribution in [-0.2, 0) is 4.74 Å². The zero-order valence-electron chi connectivity index (χ0n) is 9.80. The highest BCUT2D eigenvalue weighted by atomic mass is 16.6. The van der Waals surface area contributed by atoms with Gasteiger partial charge in [-0.3, -0.25) is 0 Å². The molecule has 1 N–H and O–H groups in total. The minimum Gasteiger partial charge on any atom is -0.444 e. The Morgan fingerprint density at radius 1 is 1.33 bits per heavy atom. The Bertz CT molecular complexity index is 256. The average molecular weight is 212 g/mol. The van der Waals surface area contributed by atoms with Crippen LogP contribution in [0.4, 0.5) is 4.79 Å². The Kier molecular flexibility index (Phi) is 3.72. The summed E-state index contributed by atoms with van der Waals surface area (Å²) in [5.74, 6) is 0. The zero-order chi connectivity index (χ0) is 11.5. The van der Waals surface area contributed by atoms with Gasteiger partial charge in [-0.05, 0) is 33.6 Å². The van der Waals surface area contributed by atoms with E-state index in [1.54, 1.807) is 4.90 Å². The van der Waals surface area contributed by atoms with E-state index in [4.69, 9.17) is 10.1 Å². The number of nitrogens with zero attached hydrogens (tertiary/aromatic N) is 1. The normalized spacial score (nSPS) is 18.6. The number of ether oxygens (including phenoxy) is 1. The molecule has 15 heavy (non-hydrogen) atoms. The van der Waals surface area contributed by atoms with Crippen LogP contribution in [-0.4, -0.2) is 35.4 Å². The Hall–Kier alpha value is -1.06. The van der Waals surface area contributed by atoms with Gasteiger partial charge in [-0.15, -0.1) is 0 Å². The topological polar surface area (TPSA) is 53.4 Å². The number of carbonyl (C=O) groups excluding carboxylic acids is 1. The smallest absolute Gasteiger partial charge is 0.410 e. The second kappa shape index (κ2) is 4.64. The van der Waals surface area contributed by atoms with Gasteiger partial charge in [0.1, 0.15) is 5.60 Å². The number of carbonyl (C=O) groups is 1. The fourth-order valence-electron chi connectivity index (χ4n) is 1.50. The number of hydrogen-bond acceptors (Lipinski definition) is 3. The number of amides is 1. The molecule has 1 amide bonds. The van der Waals surface area contributed by atoms with Gasteiger partial charge in [0.15, 0.2) is 0 Å². The van der Waals surface area contributed by atoms with E-state index in [1.165, 1.54) is 0 Å². The molecule has 1 heterocycles. The lowest BCUT2D eigenvalue weighted by Crippen LogP contribution is -2.37. The van der Waals surface area contributed by atoms with Crippen molar-refractivity contribution >= 4 is 11.8 Å². The third-order valence-corrected chi connectivity index (χ3v) is 2.24. The molecule has 86 valence electrons. The van der Waals surface area contributed by atoms with Gasteiger partial charge >= 0.3 is 6.09 Å². The van der Waals surface area contributed by atoms with Crippen molar-refractivity contribution in [2.45, 2.75) is 45.6 Å². The maximum atomic E-state index is 11.7. The molecule has 0 bridgehead atoms. The summed E-state index contributed by atoms with van der Waals surface area (Å²) in [4.78, 5) is 13.4. The molecule has 0 aromatic heterocycles. The molecule has 0 radical (unpaired) electrons. The Morgan fingerprint density at radius 3 is 2.60 bits per heavy atom. The van der Waals surface area contributed by atoms with E-state index in [0.717, 1.165) is 18.6 Å². The summed E-state index contributed by atoms with van der Waals surface area (Å²) in [7, 11) is 0. The fourth-order valence-corrected chi connectivity index (χ4v) is 1.50. The summed E-state index contributed by atoms with van der Waals surface area (Å²) >= 11 is 0. The van der Waals surface area contributed by atoms with Crippen molar-refractivity contribution in [2.75, 3.05) is 13.1 Å². The maximum absolute atomic E-state index is 11.7. The molecule has 0 aromatic carbocycles. The van der Waals surface area contributed by atoms with E-state index in [2.05, 4.69) is 0 Å². The van der Waals surface area contributed by atoms with Gasteiger partial charge in [0.05, 0.1) is 0 Å². The van der Waals surface area contributed by atoms with E-state index in [1.807, 2.05) is 20.8 Å². The quantitative estimate of drug-likeness (QED) is 0.670. The van der Waals surface area contributed by atoms with Gasteiger partial charge in [0.2, 0.25) is 0 Å². The number of hydrogen-bond donors (Lipinski definition) is 1. The van der Waals surface area contributed by atoms with Crippen LogP contribution in [0.25, 0.3) is 0 Å². The van der Waals surface area contributed by atoms with E-state index < -0.39 is 5.60 Å². The van der Waals surface area contributed by atoms with Crippen LogP contribution in [0.5, 0.6) is 0 Å². The molecule has 0 saturated carbocycles. The molecule has 0 unspecified atom stereocenters. The largest absolute Gasteiger partial charge is 0.444 e. The Morgan fingerprint density at radius 2 is 2.00 bits per heavy atom. The van der Waals surface area contributed by atoms with E-state index >= 15 is 0 Å². The molecule has 4 nitrogen and oxygen atoms in total. The summed E-state index contributed by atoms with van der Waals surface area (Å²) in [5, 5.41) is 7.56. The molecule has 0 aromatic rings. The van der Waals surface area contributed by atoms with Crippen LogP contribution in [0.3, 0.4) is 0 Å². The molecule has 4 heteroatoms. The van der Waals surface area contributed by atoms with Gasteiger partial charge in [0.25, 0.3) is 0 Å². The van der Waals surface area contributed by atoms with E-state index in [-0.39, 0.29) is 6.09 Å². The highest BCUT2D eigenvalue weighted by Crippen LogP contribution is 2.13. The second-order valence-electron chi connectivity index (χ2n) is 4.92. The van der Waals surface area contributed by atoms with Gasteiger partial charge in [-0.2, -0.15) is 0 Å². The SMILES string of the molecule is CC(C)(C)OC(=O)N1CCCC(=N)CC1. The molecule has 0 aliphatic carbocycles. The van der Waals surface area contributed by atoms with Crippen LogP contribution in [0.2, 0.25) is 0 Å². The van der Waals surface area contributed by atoms with Gasteiger partial charge in [-0.1, -0.05) is 0 Å². The van der Waals surface area contributed by atoms with Crippen LogP contribution >= 0.6 is 0 Å². The molecule has 1 saturated heterocycles. The van der Waals surface area contributed by atoms with Crippen molar-refractivity contribution < 1.29 is 9.53 Å². The first-order chi connectivity index (χ1) is 6.88. The first-order valence-corrected chi connectivity index (χ1v) is 5.43. The van der Waals surface area contributed by atoms with Crippen molar-refractivity contribution in [2.24, 2.45) is 0 Å². The standard InChI is InChI=1S/C11H20N2O2/c1-11(2,3)15-10(14)13-7-4-5-9(12)6-8-13/h12H,4-8H2,1-3H3. The maximum Gasteiger partial charge on any atom is 0.410 e. The molecule has 0 spiro atoms. The third-order valence-electron chi connectivity index (χ3n) is 2.24. The van der Waals surface area contributed by atoms with Gasteiger partial charge in [-0.25, -0.2) is 4.79 Å². The fraction of sp³-hybridized carbons (Fsp3) is 0.818. The lowest BCUT2D eigenvalue weighted by molar-refractivity contribution is 0.0259. The lowest BCUT2D eigenvalue weighted by atomic mass is 10.2. The zero-order valence-corrected chi connectivity index (χ0v) is 9.80. The Balaban J connectivity index is 2.49. The van der Waals surface area contributed by atoms with Crippen molar-refractivity contribution in [1.82, 2.24) is 4.90 Å². The van der Waals surface area contributed by atoms with Crippen molar-refractivity contribution in [3.05, 3.63) is 0 Å². The minimum absolute atomic E-state index is 0.253. The summed E-state index contributed by atoms with van der Waals surface area (Å²) < 4.78 is 5.28. The van der Waals surface area contributed by atoms with Crippen LogP contribution in [0.1, 0.15) is 40.0 Å². The minimum atomic E-state index is -0.434. The average Bonchev–Trinajstić information content (AvgIpc) is 2.26. The predicted octanol–water partition coefficient (Wildman–Crippen LogP) is 2.43. The highest BCUT2D eigenvalue weighted by molar-refractivity contribution is 5.82. The molecule has 1 aliphatic rings. The first-order valence-electron chi connectivity index (χ1n) is 5.43. The van der Waals surface area contributed by atoms with Gasteiger partial charge in [0, 0.05) is 25.2 Å². The van der Waals surface area contributed by atoms with Crippen molar-refractivity contribution in [3.8, 4) is 0 Å². The van der Waals surface area contributed by atoms with Crippen molar-refractivity contribution in [3.63, 3.8) is 0 Å².